The minimum atomic E-state index is -1.52. The normalized spacial score (nSPS) is 13.3. The fourth-order valence-electron chi connectivity index (χ4n) is 1.83. The van der Waals surface area contributed by atoms with E-state index in [1.807, 2.05) is 0 Å². The number of pyridine rings is 1. The van der Waals surface area contributed by atoms with Gasteiger partial charge in [0.2, 0.25) is 5.15 Å². The Labute approximate surface area is 125 Å². The number of rotatable bonds is 6. The number of nitrogens with one attached hydrogen (secondary N) is 1. The fourth-order valence-corrected chi connectivity index (χ4v) is 2.05. The van der Waals surface area contributed by atoms with Crippen molar-refractivity contribution in [1.29, 1.82) is 0 Å². The Bertz CT molecular complexity index is 592. The highest BCUT2D eigenvalue weighted by atomic mass is 35.5. The number of amides is 1. The minimum Gasteiger partial charge on any atom is -0.480 e. The van der Waals surface area contributed by atoms with Gasteiger partial charge < -0.3 is 10.4 Å². The standard InChI is InChI=1S/C12H14ClN3O5/c1-3-5-12(2,11(18)19)15-10(17)7-4-6-14-9(13)8(7)16(20)21/h4,6H,3,5H2,1-2H3,(H,15,17)(H,18,19). The summed E-state index contributed by atoms with van der Waals surface area (Å²) < 4.78 is 0. The summed E-state index contributed by atoms with van der Waals surface area (Å²) in [4.78, 5) is 37.1. The number of nitro groups is 1. The zero-order chi connectivity index (χ0) is 16.2. The van der Waals surface area contributed by atoms with Gasteiger partial charge in [-0.05, 0) is 19.4 Å². The molecule has 0 saturated carbocycles. The van der Waals surface area contributed by atoms with E-state index < -0.39 is 33.2 Å². The average molecular weight is 316 g/mol. The number of aliphatic carboxylic acids is 1. The quantitative estimate of drug-likeness (QED) is 0.470. The molecule has 0 spiro atoms. The monoisotopic (exact) mass is 315 g/mol. The number of carboxylic acid groups (broad SMARTS) is 1. The van der Waals surface area contributed by atoms with Crippen molar-refractivity contribution in [2.75, 3.05) is 0 Å². The van der Waals surface area contributed by atoms with Crippen LogP contribution in [0.3, 0.4) is 0 Å². The van der Waals surface area contributed by atoms with E-state index in [2.05, 4.69) is 10.3 Å². The number of hydrogen-bond donors (Lipinski definition) is 2. The van der Waals surface area contributed by atoms with E-state index in [0.717, 1.165) is 12.3 Å². The second-order valence-corrected chi connectivity index (χ2v) is 4.95. The molecule has 1 unspecified atom stereocenters. The molecular formula is C12H14ClN3O5. The van der Waals surface area contributed by atoms with Crippen molar-refractivity contribution in [2.24, 2.45) is 0 Å². The number of hydrogen-bond acceptors (Lipinski definition) is 5. The van der Waals surface area contributed by atoms with Gasteiger partial charge in [-0.15, -0.1) is 0 Å². The molecule has 114 valence electrons. The number of halogens is 1. The van der Waals surface area contributed by atoms with Gasteiger partial charge in [0.05, 0.1) is 4.92 Å². The Balaban J connectivity index is 3.18. The summed E-state index contributed by atoms with van der Waals surface area (Å²) in [5.74, 6) is -2.11. The number of aromatic nitrogens is 1. The third-order valence-electron chi connectivity index (χ3n) is 2.92. The molecule has 8 nitrogen and oxygen atoms in total. The van der Waals surface area contributed by atoms with Crippen LogP contribution in [-0.4, -0.2) is 32.4 Å². The summed E-state index contributed by atoms with van der Waals surface area (Å²) in [5.41, 5.74) is -2.50. The van der Waals surface area contributed by atoms with Gasteiger partial charge in [-0.25, -0.2) is 9.78 Å². The first-order valence-electron chi connectivity index (χ1n) is 6.07. The van der Waals surface area contributed by atoms with Crippen LogP contribution in [0.2, 0.25) is 5.15 Å². The van der Waals surface area contributed by atoms with E-state index in [0.29, 0.717) is 6.42 Å². The van der Waals surface area contributed by atoms with E-state index >= 15 is 0 Å². The number of nitrogens with zero attached hydrogens (tertiary/aromatic N) is 2. The third-order valence-corrected chi connectivity index (χ3v) is 3.19. The van der Waals surface area contributed by atoms with Gasteiger partial charge in [0.25, 0.3) is 5.91 Å². The van der Waals surface area contributed by atoms with Gasteiger partial charge in [-0.3, -0.25) is 14.9 Å². The maximum Gasteiger partial charge on any atom is 0.329 e. The molecule has 0 aromatic carbocycles. The molecular weight excluding hydrogens is 302 g/mol. The summed E-state index contributed by atoms with van der Waals surface area (Å²) in [5, 5.41) is 22.0. The Morgan fingerprint density at radius 1 is 1.57 bits per heavy atom. The molecule has 1 aromatic rings. The first-order valence-corrected chi connectivity index (χ1v) is 6.45. The average Bonchev–Trinajstić information content (AvgIpc) is 2.37. The molecule has 1 heterocycles. The lowest BCUT2D eigenvalue weighted by Crippen LogP contribution is -2.52. The van der Waals surface area contributed by atoms with Crippen molar-refractivity contribution in [1.82, 2.24) is 10.3 Å². The lowest BCUT2D eigenvalue weighted by atomic mass is 9.95. The molecule has 1 aromatic heterocycles. The largest absolute Gasteiger partial charge is 0.480 e. The smallest absolute Gasteiger partial charge is 0.329 e. The predicted molar refractivity (Wildman–Crippen MR) is 74.3 cm³/mol. The highest BCUT2D eigenvalue weighted by Crippen LogP contribution is 2.26. The summed E-state index contributed by atoms with van der Waals surface area (Å²) in [7, 11) is 0. The van der Waals surface area contributed by atoms with Gasteiger partial charge in [0.15, 0.2) is 0 Å². The van der Waals surface area contributed by atoms with Crippen LogP contribution in [0.1, 0.15) is 37.0 Å². The zero-order valence-corrected chi connectivity index (χ0v) is 12.2. The highest BCUT2D eigenvalue weighted by Gasteiger charge is 2.36. The molecule has 0 aliphatic heterocycles. The van der Waals surface area contributed by atoms with Gasteiger partial charge in [-0.1, -0.05) is 24.9 Å². The fraction of sp³-hybridized carbons (Fsp3) is 0.417. The SMILES string of the molecule is CCCC(C)(NC(=O)c1ccnc(Cl)c1[N+](=O)[O-])C(=O)O. The van der Waals surface area contributed by atoms with Crippen molar-refractivity contribution in [3.63, 3.8) is 0 Å². The topological polar surface area (TPSA) is 122 Å². The molecule has 2 N–H and O–H groups in total. The Morgan fingerprint density at radius 3 is 2.67 bits per heavy atom. The number of carboxylic acids is 1. The molecule has 1 rings (SSSR count). The summed E-state index contributed by atoms with van der Waals surface area (Å²) in [6.45, 7) is 3.10. The van der Waals surface area contributed by atoms with E-state index in [4.69, 9.17) is 11.6 Å². The molecule has 0 aliphatic carbocycles. The van der Waals surface area contributed by atoms with Gasteiger partial charge >= 0.3 is 11.7 Å². The summed E-state index contributed by atoms with van der Waals surface area (Å²) >= 11 is 5.61. The lowest BCUT2D eigenvalue weighted by molar-refractivity contribution is -0.385. The maximum atomic E-state index is 12.2. The third kappa shape index (κ3) is 3.66. The van der Waals surface area contributed by atoms with Crippen LogP contribution in [0.4, 0.5) is 5.69 Å². The Hall–Kier alpha value is -2.22. The molecule has 0 aliphatic rings. The van der Waals surface area contributed by atoms with Crippen molar-refractivity contribution in [3.8, 4) is 0 Å². The molecule has 1 amide bonds. The molecule has 0 radical (unpaired) electrons. The van der Waals surface area contributed by atoms with Crippen LogP contribution in [0.15, 0.2) is 12.3 Å². The highest BCUT2D eigenvalue weighted by molar-refractivity contribution is 6.32. The second kappa shape index (κ2) is 6.49. The Kier molecular flexibility index (Phi) is 5.20. The molecule has 1 atom stereocenters. The van der Waals surface area contributed by atoms with Crippen molar-refractivity contribution in [3.05, 3.63) is 33.1 Å². The van der Waals surface area contributed by atoms with Crippen molar-refractivity contribution in [2.45, 2.75) is 32.2 Å². The van der Waals surface area contributed by atoms with Gasteiger partial charge in [0.1, 0.15) is 11.1 Å². The summed E-state index contributed by atoms with van der Waals surface area (Å²) in [6.07, 6.45) is 1.84. The van der Waals surface area contributed by atoms with Crippen LogP contribution in [0, 0.1) is 10.1 Å². The van der Waals surface area contributed by atoms with Gasteiger partial charge in [0, 0.05) is 6.20 Å². The van der Waals surface area contributed by atoms with Crippen molar-refractivity contribution >= 4 is 29.2 Å². The van der Waals surface area contributed by atoms with Crippen LogP contribution < -0.4 is 5.32 Å². The first-order chi connectivity index (χ1) is 9.73. The maximum absolute atomic E-state index is 12.2. The van der Waals surface area contributed by atoms with Crippen LogP contribution in [-0.2, 0) is 4.79 Å². The second-order valence-electron chi connectivity index (χ2n) is 4.60. The molecule has 9 heteroatoms. The first kappa shape index (κ1) is 16.8. The molecule has 21 heavy (non-hydrogen) atoms. The molecule has 0 fully saturated rings. The van der Waals surface area contributed by atoms with Gasteiger partial charge in [-0.2, -0.15) is 0 Å². The zero-order valence-electron chi connectivity index (χ0n) is 11.4. The van der Waals surface area contributed by atoms with E-state index in [1.54, 1.807) is 6.92 Å². The van der Waals surface area contributed by atoms with E-state index in [9.17, 15) is 24.8 Å². The summed E-state index contributed by atoms with van der Waals surface area (Å²) in [6, 6.07) is 1.12. The van der Waals surface area contributed by atoms with Crippen LogP contribution >= 0.6 is 11.6 Å². The van der Waals surface area contributed by atoms with Crippen LogP contribution in [0.5, 0.6) is 0 Å². The lowest BCUT2D eigenvalue weighted by Gasteiger charge is -2.25. The number of carbonyl (C=O) groups excluding carboxylic acids is 1. The van der Waals surface area contributed by atoms with Crippen molar-refractivity contribution < 1.29 is 19.6 Å². The Morgan fingerprint density at radius 2 is 2.19 bits per heavy atom. The molecule has 0 bridgehead atoms. The number of carbonyl (C=O) groups is 2. The predicted octanol–water partition coefficient (Wildman–Crippen LogP) is 2.02. The van der Waals surface area contributed by atoms with E-state index in [1.165, 1.54) is 6.92 Å². The minimum absolute atomic E-state index is 0.181. The van der Waals surface area contributed by atoms with Crippen LogP contribution in [0.25, 0.3) is 0 Å². The van der Waals surface area contributed by atoms with E-state index in [-0.39, 0.29) is 12.0 Å². The molecule has 0 saturated heterocycles.